The lowest BCUT2D eigenvalue weighted by atomic mass is 9.88. The molecule has 8 rings (SSSR count). The fourth-order valence-electron chi connectivity index (χ4n) is 8.17. The standard InChI is InChI=1S/C47H52N8O6/c1-28-23-32(11-12-33(28)26-49-44(58)45-51-46(54-61-45)47(2,3)4)41-38-24-34(27-48-42(38)53-52-41)30-9-7-29(8-10-30)31-17-20-55(21-18-31)19-6-22-60-35-13-14-36(39(25-35)59-5)37-15-16-40(56)50-43(37)57/h7-14,23-25,27,31,37H,6,15-22,26H2,1-5H3,(H,49,58)(H,48,52,53)(H,50,56,57). The molecule has 14 nitrogen and oxygen atoms in total. The van der Waals surface area contributed by atoms with Gasteiger partial charge in [0.1, 0.15) is 17.2 Å². The predicted molar refractivity (Wildman–Crippen MR) is 230 cm³/mol. The molecule has 2 fully saturated rings. The predicted octanol–water partition coefficient (Wildman–Crippen LogP) is 7.39. The van der Waals surface area contributed by atoms with Crippen LogP contribution in [-0.4, -0.2) is 81.3 Å². The van der Waals surface area contributed by atoms with E-state index in [2.05, 4.69) is 72.3 Å². The number of nitrogens with zero attached hydrogens (tertiary/aromatic N) is 5. The maximum Gasteiger partial charge on any atom is 0.315 e. The minimum absolute atomic E-state index is 0.0467. The van der Waals surface area contributed by atoms with Crippen LogP contribution in [0.5, 0.6) is 11.5 Å². The van der Waals surface area contributed by atoms with Gasteiger partial charge in [-0.05, 0) is 92.1 Å². The molecule has 3 amide bonds. The lowest BCUT2D eigenvalue weighted by Crippen LogP contribution is -2.39. The topological polar surface area (TPSA) is 177 Å². The second-order valence-electron chi connectivity index (χ2n) is 17.0. The molecule has 14 heteroatoms. The van der Waals surface area contributed by atoms with Crippen molar-refractivity contribution >= 4 is 28.8 Å². The van der Waals surface area contributed by atoms with Crippen LogP contribution in [0.15, 0.2) is 77.4 Å². The smallest absolute Gasteiger partial charge is 0.315 e. The Morgan fingerprint density at radius 1 is 0.967 bits per heavy atom. The first-order valence-electron chi connectivity index (χ1n) is 21.0. The van der Waals surface area contributed by atoms with Crippen molar-refractivity contribution in [3.63, 3.8) is 0 Å². The SMILES string of the molecule is COc1cc(OCCCN2CCC(c3ccc(-c4cnc5[nH]nc(-c6ccc(CNC(=O)c7nc(C(C)(C)C)no7)c(C)c6)c5c4)cc3)CC2)ccc1C1CCC(=O)NC1=O. The van der Waals surface area contributed by atoms with Gasteiger partial charge in [-0.15, -0.1) is 0 Å². The molecule has 3 aromatic heterocycles. The molecule has 2 aliphatic heterocycles. The molecule has 0 aliphatic carbocycles. The highest BCUT2D eigenvalue weighted by Gasteiger charge is 2.30. The van der Waals surface area contributed by atoms with Crippen LogP contribution in [0.25, 0.3) is 33.4 Å². The van der Waals surface area contributed by atoms with E-state index in [0.29, 0.717) is 49.2 Å². The van der Waals surface area contributed by atoms with Crippen molar-refractivity contribution < 1.29 is 28.4 Å². The number of imide groups is 1. The summed E-state index contributed by atoms with van der Waals surface area (Å²) in [5.74, 6) is 0.926. The zero-order valence-electron chi connectivity index (χ0n) is 35.3. The number of amides is 3. The Hall–Kier alpha value is -6.41. The van der Waals surface area contributed by atoms with Crippen LogP contribution in [-0.2, 0) is 21.5 Å². The fourth-order valence-corrected chi connectivity index (χ4v) is 8.17. The Labute approximate surface area is 354 Å². The molecule has 2 aliphatic rings. The van der Waals surface area contributed by atoms with Gasteiger partial charge >= 0.3 is 11.8 Å². The Balaban J connectivity index is 0.821. The first-order chi connectivity index (χ1) is 29.4. The zero-order valence-corrected chi connectivity index (χ0v) is 35.3. The van der Waals surface area contributed by atoms with E-state index in [0.717, 1.165) is 89.0 Å². The number of hydrogen-bond acceptors (Lipinski definition) is 11. The molecule has 61 heavy (non-hydrogen) atoms. The molecule has 6 aromatic rings. The third-order valence-electron chi connectivity index (χ3n) is 11.8. The van der Waals surface area contributed by atoms with E-state index in [9.17, 15) is 14.4 Å². The van der Waals surface area contributed by atoms with Crippen molar-refractivity contribution in [1.82, 2.24) is 40.9 Å². The minimum Gasteiger partial charge on any atom is -0.496 e. The number of aryl methyl sites for hydroxylation is 1. The molecule has 0 bridgehead atoms. The third kappa shape index (κ3) is 9.34. The lowest BCUT2D eigenvalue weighted by molar-refractivity contribution is -0.134. The minimum atomic E-state index is -0.408. The van der Waals surface area contributed by atoms with Gasteiger partial charge in [0.15, 0.2) is 11.5 Å². The summed E-state index contributed by atoms with van der Waals surface area (Å²) < 4.78 is 16.8. The van der Waals surface area contributed by atoms with Crippen LogP contribution in [0.1, 0.15) is 103 Å². The van der Waals surface area contributed by atoms with E-state index in [4.69, 9.17) is 19.0 Å². The highest BCUT2D eigenvalue weighted by molar-refractivity contribution is 6.01. The number of benzene rings is 3. The monoisotopic (exact) mass is 824 g/mol. The van der Waals surface area contributed by atoms with Crippen molar-refractivity contribution in [3.8, 4) is 33.9 Å². The van der Waals surface area contributed by atoms with Gasteiger partial charge in [-0.1, -0.05) is 68.4 Å². The molecule has 2 saturated heterocycles. The summed E-state index contributed by atoms with van der Waals surface area (Å²) in [5.41, 5.74) is 8.42. The molecule has 5 heterocycles. The molecule has 0 spiro atoms. The van der Waals surface area contributed by atoms with E-state index in [1.165, 1.54) is 5.56 Å². The van der Waals surface area contributed by atoms with Crippen molar-refractivity contribution in [2.75, 3.05) is 33.4 Å². The Morgan fingerprint density at radius 3 is 2.48 bits per heavy atom. The maximum absolute atomic E-state index is 12.7. The largest absolute Gasteiger partial charge is 0.496 e. The molecule has 3 N–H and O–H groups in total. The number of aromatic nitrogens is 5. The molecule has 316 valence electrons. The van der Waals surface area contributed by atoms with Gasteiger partial charge in [0.25, 0.3) is 0 Å². The first-order valence-corrected chi connectivity index (χ1v) is 21.0. The van der Waals surface area contributed by atoms with Crippen LogP contribution >= 0.6 is 0 Å². The molecule has 1 atom stereocenters. The molecular weight excluding hydrogens is 773 g/mol. The van der Waals surface area contributed by atoms with Crippen molar-refractivity contribution in [2.24, 2.45) is 0 Å². The molecule has 3 aromatic carbocycles. The zero-order chi connectivity index (χ0) is 42.7. The van der Waals surface area contributed by atoms with Gasteiger partial charge in [0.2, 0.25) is 11.8 Å². The van der Waals surface area contributed by atoms with Gasteiger partial charge in [-0.25, -0.2) is 4.98 Å². The quantitative estimate of drug-likeness (QED) is 0.0782. The summed E-state index contributed by atoms with van der Waals surface area (Å²) >= 11 is 0. The van der Waals surface area contributed by atoms with Crippen molar-refractivity contribution in [1.29, 1.82) is 0 Å². The van der Waals surface area contributed by atoms with Crippen molar-refractivity contribution in [3.05, 3.63) is 107 Å². The highest BCUT2D eigenvalue weighted by atomic mass is 16.5. The third-order valence-corrected chi connectivity index (χ3v) is 11.8. The maximum atomic E-state index is 12.7. The number of carbonyl (C=O) groups is 3. The van der Waals surface area contributed by atoms with E-state index in [1.807, 2.05) is 64.2 Å². The number of methoxy groups -OCH3 is 1. The van der Waals surface area contributed by atoms with Crippen LogP contribution in [0.4, 0.5) is 0 Å². The van der Waals surface area contributed by atoms with Gasteiger partial charge in [-0.2, -0.15) is 10.1 Å². The number of ether oxygens (including phenoxy) is 2. The Kier molecular flexibility index (Phi) is 12.0. The summed E-state index contributed by atoms with van der Waals surface area (Å²) in [4.78, 5) is 48.2. The number of piperidine rings is 2. The summed E-state index contributed by atoms with van der Waals surface area (Å²) in [6.45, 7) is 11.9. The molecule has 1 unspecified atom stereocenters. The van der Waals surface area contributed by atoms with Crippen LogP contribution < -0.4 is 20.1 Å². The first kappa shape index (κ1) is 41.3. The molecule has 0 radical (unpaired) electrons. The average Bonchev–Trinajstić information content (AvgIpc) is 3.94. The second kappa shape index (κ2) is 17.7. The van der Waals surface area contributed by atoms with E-state index < -0.39 is 11.8 Å². The summed E-state index contributed by atoms with van der Waals surface area (Å²) in [6.07, 6.45) is 5.79. The van der Waals surface area contributed by atoms with Crippen LogP contribution in [0.2, 0.25) is 0 Å². The number of aromatic amines is 1. The van der Waals surface area contributed by atoms with Crippen LogP contribution in [0.3, 0.4) is 0 Å². The molecule has 0 saturated carbocycles. The van der Waals surface area contributed by atoms with E-state index >= 15 is 0 Å². The van der Waals surface area contributed by atoms with Crippen molar-refractivity contribution in [2.45, 2.75) is 83.6 Å². The number of H-pyrrole nitrogens is 1. The normalized spacial score (nSPS) is 16.4. The highest BCUT2D eigenvalue weighted by Crippen LogP contribution is 2.36. The number of pyridine rings is 1. The Morgan fingerprint density at radius 2 is 1.75 bits per heavy atom. The summed E-state index contributed by atoms with van der Waals surface area (Å²) in [5, 5.41) is 17.9. The van der Waals surface area contributed by atoms with Gasteiger partial charge in [-0.3, -0.25) is 24.8 Å². The second-order valence-corrected chi connectivity index (χ2v) is 17.0. The van der Waals surface area contributed by atoms with Crippen LogP contribution in [0, 0.1) is 6.92 Å². The average molecular weight is 825 g/mol. The van der Waals surface area contributed by atoms with Gasteiger partial charge < -0.3 is 24.2 Å². The number of fused-ring (bicyclic) bond motifs is 1. The number of rotatable bonds is 13. The summed E-state index contributed by atoms with van der Waals surface area (Å²) in [6, 6.07) is 22.7. The number of nitrogens with one attached hydrogen (secondary N) is 3. The number of hydrogen-bond donors (Lipinski definition) is 3. The van der Waals surface area contributed by atoms with Gasteiger partial charge in [0, 0.05) is 59.3 Å². The summed E-state index contributed by atoms with van der Waals surface area (Å²) in [7, 11) is 1.58. The number of likely N-dealkylation sites (tertiary alicyclic amines) is 1. The Bertz CT molecular complexity index is 2550. The van der Waals surface area contributed by atoms with E-state index in [-0.39, 0.29) is 23.1 Å². The fraction of sp³-hybridized carbons (Fsp3) is 0.383. The van der Waals surface area contributed by atoms with Gasteiger partial charge in [0.05, 0.1) is 19.6 Å². The molecular formula is C47H52N8O6. The lowest BCUT2D eigenvalue weighted by Gasteiger charge is -2.32. The number of carbonyl (C=O) groups excluding carboxylic acids is 3. The van der Waals surface area contributed by atoms with E-state index in [1.54, 1.807) is 7.11 Å².